The van der Waals surface area contributed by atoms with E-state index in [2.05, 4.69) is 0 Å². The molecule has 4 rings (SSSR count). The van der Waals surface area contributed by atoms with Crippen molar-refractivity contribution >= 4 is 23.8 Å². The Morgan fingerprint density at radius 3 is 2.57 bits per heavy atom. The Labute approximate surface area is 216 Å². The molecule has 8 nitrogen and oxygen atoms in total. The van der Waals surface area contributed by atoms with Crippen molar-refractivity contribution in [2.24, 2.45) is 0 Å². The van der Waals surface area contributed by atoms with Gasteiger partial charge in [0, 0.05) is 29.9 Å². The number of carbonyl (C=O) groups is 3. The van der Waals surface area contributed by atoms with Crippen molar-refractivity contribution in [1.82, 2.24) is 0 Å². The normalized spacial score (nSPS) is 20.7. The minimum absolute atomic E-state index is 0.0137. The number of phenols is 1. The van der Waals surface area contributed by atoms with Crippen LogP contribution in [-0.2, 0) is 14.3 Å². The number of methoxy groups -OCH3 is 2. The third kappa shape index (κ3) is 5.79. The van der Waals surface area contributed by atoms with Gasteiger partial charge in [0.05, 0.1) is 26.7 Å². The summed E-state index contributed by atoms with van der Waals surface area (Å²) >= 11 is 0. The summed E-state index contributed by atoms with van der Waals surface area (Å²) in [7, 11) is 3.06. The molecular weight excluding hydrogens is 476 g/mol. The highest BCUT2D eigenvalue weighted by Gasteiger charge is 2.37. The maximum absolute atomic E-state index is 13.4. The lowest BCUT2D eigenvalue weighted by Crippen LogP contribution is -2.23. The van der Waals surface area contributed by atoms with Crippen LogP contribution in [0.2, 0.25) is 0 Å². The summed E-state index contributed by atoms with van der Waals surface area (Å²) in [6, 6.07) is 6.80. The van der Waals surface area contributed by atoms with E-state index in [1.54, 1.807) is 37.3 Å². The smallest absolute Gasteiger partial charge is 0.342 e. The van der Waals surface area contributed by atoms with E-state index in [1.165, 1.54) is 14.2 Å². The molecule has 0 bridgehead atoms. The average molecular weight is 509 g/mol. The molecule has 2 aromatic rings. The van der Waals surface area contributed by atoms with Gasteiger partial charge in [-0.3, -0.25) is 9.59 Å². The number of rotatable bonds is 3. The van der Waals surface area contributed by atoms with Crippen LogP contribution in [0.1, 0.15) is 84.8 Å². The molecule has 2 aliphatic rings. The predicted molar refractivity (Wildman–Crippen MR) is 136 cm³/mol. The molecular formula is C29H32O8. The van der Waals surface area contributed by atoms with Crippen molar-refractivity contribution in [2.45, 2.75) is 63.9 Å². The molecule has 37 heavy (non-hydrogen) atoms. The van der Waals surface area contributed by atoms with Gasteiger partial charge in [-0.25, -0.2) is 4.79 Å². The van der Waals surface area contributed by atoms with Crippen LogP contribution in [0.15, 0.2) is 30.3 Å². The Balaban J connectivity index is 1.85. The quantitative estimate of drug-likeness (QED) is 0.438. The first kappa shape index (κ1) is 26.3. The first-order valence-corrected chi connectivity index (χ1v) is 12.5. The maximum atomic E-state index is 13.4. The number of esters is 2. The van der Waals surface area contributed by atoms with Gasteiger partial charge in [0.2, 0.25) is 0 Å². The van der Waals surface area contributed by atoms with Crippen LogP contribution in [0.4, 0.5) is 0 Å². The number of carbonyl (C=O) groups excluding carboxylic acids is 3. The Kier molecular flexibility index (Phi) is 8.16. The van der Waals surface area contributed by atoms with Gasteiger partial charge in [0.25, 0.3) is 0 Å². The Morgan fingerprint density at radius 2 is 1.81 bits per heavy atom. The van der Waals surface area contributed by atoms with Gasteiger partial charge in [0.1, 0.15) is 34.3 Å². The summed E-state index contributed by atoms with van der Waals surface area (Å²) in [6.07, 6.45) is 6.45. The highest BCUT2D eigenvalue weighted by atomic mass is 16.5. The van der Waals surface area contributed by atoms with Gasteiger partial charge < -0.3 is 24.1 Å². The highest BCUT2D eigenvalue weighted by Crippen LogP contribution is 2.49. The zero-order valence-electron chi connectivity index (χ0n) is 21.4. The number of hydrogen-bond donors (Lipinski definition) is 1. The van der Waals surface area contributed by atoms with E-state index in [-0.39, 0.29) is 29.3 Å². The van der Waals surface area contributed by atoms with E-state index in [9.17, 15) is 19.5 Å². The summed E-state index contributed by atoms with van der Waals surface area (Å²) in [5.41, 5.74) is 1.33. The first-order valence-electron chi connectivity index (χ1n) is 12.5. The zero-order valence-corrected chi connectivity index (χ0v) is 21.4. The second-order valence-electron chi connectivity index (χ2n) is 9.38. The fraction of sp³-hybridized carbons (Fsp3) is 0.414. The van der Waals surface area contributed by atoms with Crippen LogP contribution in [-0.4, -0.2) is 43.2 Å². The number of Topliss-reactive ketones (excluding diaryl/α,β-unsaturated/α-hetero) is 1. The first-order chi connectivity index (χ1) is 17.8. The van der Waals surface area contributed by atoms with Gasteiger partial charge in [-0.2, -0.15) is 0 Å². The van der Waals surface area contributed by atoms with Crippen LogP contribution in [0.25, 0.3) is 6.08 Å². The monoisotopic (exact) mass is 508 g/mol. The molecule has 196 valence electrons. The molecule has 0 saturated carbocycles. The van der Waals surface area contributed by atoms with Crippen LogP contribution in [0.5, 0.6) is 23.0 Å². The fourth-order valence-electron chi connectivity index (χ4n) is 4.90. The molecule has 0 radical (unpaired) electrons. The zero-order chi connectivity index (χ0) is 26.5. The van der Waals surface area contributed by atoms with E-state index < -0.39 is 24.0 Å². The third-order valence-corrected chi connectivity index (χ3v) is 6.79. The van der Waals surface area contributed by atoms with Gasteiger partial charge in [0.15, 0.2) is 0 Å². The molecule has 0 aromatic heterocycles. The Hall–Kier alpha value is -3.81. The second-order valence-corrected chi connectivity index (χ2v) is 9.38. The number of cyclic esters (lactones) is 1. The fourth-order valence-corrected chi connectivity index (χ4v) is 4.90. The average Bonchev–Trinajstić information content (AvgIpc) is 2.86. The number of phenolic OH excluding ortho intramolecular Hbond substituents is 1. The largest absolute Gasteiger partial charge is 0.507 e. The molecule has 0 fully saturated rings. The predicted octanol–water partition coefficient (Wildman–Crippen LogP) is 5.33. The van der Waals surface area contributed by atoms with E-state index in [4.69, 9.17) is 18.9 Å². The summed E-state index contributed by atoms with van der Waals surface area (Å²) < 4.78 is 22.1. The number of allylic oxidation sites excluding steroid dienone is 1. The number of fused-ring (bicyclic) bond motifs is 2. The lowest BCUT2D eigenvalue weighted by Gasteiger charge is -2.28. The van der Waals surface area contributed by atoms with E-state index in [1.807, 2.05) is 6.08 Å². The van der Waals surface area contributed by atoms with Crippen molar-refractivity contribution in [3.05, 3.63) is 52.6 Å². The van der Waals surface area contributed by atoms with E-state index >= 15 is 0 Å². The van der Waals surface area contributed by atoms with E-state index in [0.29, 0.717) is 66.7 Å². The van der Waals surface area contributed by atoms with Crippen molar-refractivity contribution < 1.29 is 38.4 Å². The van der Waals surface area contributed by atoms with Crippen molar-refractivity contribution in [3.63, 3.8) is 0 Å². The van der Waals surface area contributed by atoms with Gasteiger partial charge in [-0.05, 0) is 62.4 Å². The standard InChI is InChI=1S/C29H32O8/c1-17-8-7-11-19(30)10-6-4-5-9-18-14-24-27(28(32)26(18)29(33)36-17)22(16-25(31)37-24)21-15-20(34-2)12-13-23(21)35-3/h5,9,12-15,17,22,32H,4,6-8,10-11,16H2,1-3H3. The molecule has 0 amide bonds. The Morgan fingerprint density at radius 1 is 1.03 bits per heavy atom. The highest BCUT2D eigenvalue weighted by molar-refractivity contribution is 5.98. The molecule has 1 N–H and O–H groups in total. The van der Waals surface area contributed by atoms with Gasteiger partial charge in [-0.1, -0.05) is 12.2 Å². The van der Waals surface area contributed by atoms with E-state index in [0.717, 1.165) is 0 Å². The Bertz CT molecular complexity index is 1230. The molecule has 0 spiro atoms. The second kappa shape index (κ2) is 11.5. The summed E-state index contributed by atoms with van der Waals surface area (Å²) in [4.78, 5) is 38.1. The molecule has 2 atom stereocenters. The van der Waals surface area contributed by atoms with Crippen molar-refractivity contribution in [3.8, 4) is 23.0 Å². The van der Waals surface area contributed by atoms with Crippen LogP contribution in [0, 0.1) is 0 Å². The minimum Gasteiger partial charge on any atom is -0.507 e. The molecule has 8 heteroatoms. The molecule has 2 heterocycles. The minimum atomic E-state index is -0.677. The molecule has 0 saturated heterocycles. The summed E-state index contributed by atoms with van der Waals surface area (Å²) in [6.45, 7) is 1.77. The molecule has 2 unspecified atom stereocenters. The maximum Gasteiger partial charge on any atom is 0.342 e. The number of benzene rings is 2. The number of aromatic hydroxyl groups is 1. The third-order valence-electron chi connectivity index (χ3n) is 6.79. The molecule has 2 aromatic carbocycles. The SMILES string of the molecule is COc1ccc(OC)c(C2CC(=O)Oc3cc4c(c(O)c32)C(=O)OC(C)CCCC(=O)CCCC=C4)c1. The summed E-state index contributed by atoms with van der Waals surface area (Å²) in [5, 5.41) is 11.5. The van der Waals surface area contributed by atoms with Crippen LogP contribution in [0.3, 0.4) is 0 Å². The lowest BCUT2D eigenvalue weighted by atomic mass is 9.83. The molecule has 0 aliphatic carbocycles. The topological polar surface area (TPSA) is 108 Å². The van der Waals surface area contributed by atoms with Crippen molar-refractivity contribution in [2.75, 3.05) is 14.2 Å². The number of ketones is 1. The summed E-state index contributed by atoms with van der Waals surface area (Å²) in [5.74, 6) is -0.643. The van der Waals surface area contributed by atoms with Crippen LogP contribution < -0.4 is 14.2 Å². The van der Waals surface area contributed by atoms with Gasteiger partial charge in [-0.15, -0.1) is 0 Å². The molecule has 2 aliphatic heterocycles. The number of hydrogen-bond acceptors (Lipinski definition) is 8. The lowest BCUT2D eigenvalue weighted by molar-refractivity contribution is -0.135. The van der Waals surface area contributed by atoms with Gasteiger partial charge >= 0.3 is 11.9 Å². The van der Waals surface area contributed by atoms with Crippen molar-refractivity contribution in [1.29, 1.82) is 0 Å². The van der Waals surface area contributed by atoms with Crippen LogP contribution >= 0.6 is 0 Å². The number of ether oxygens (including phenoxy) is 4.